The molecule has 0 spiro atoms. The van der Waals surface area contributed by atoms with Gasteiger partial charge in [0.15, 0.2) is 0 Å². The molecule has 2 aromatic rings. The normalized spacial score (nSPS) is 13.8. The molecule has 5 heteroatoms. The molecule has 1 aromatic heterocycles. The molecule has 0 saturated carbocycles. The number of fused-ring (bicyclic) bond motifs is 1. The Kier molecular flexibility index (Phi) is 4.60. The third-order valence-electron chi connectivity index (χ3n) is 3.00. The van der Waals surface area contributed by atoms with Crippen LogP contribution in [0.25, 0.3) is 10.1 Å². The summed E-state index contributed by atoms with van der Waals surface area (Å²) in [6, 6.07) is 8.37. The van der Waals surface area contributed by atoms with Crippen molar-refractivity contribution in [1.82, 2.24) is 5.32 Å². The fraction of sp³-hybridized carbons (Fsp3) is 0.429. The number of benzene rings is 1. The average Bonchev–Trinajstić information content (AvgIpc) is 2.70. The van der Waals surface area contributed by atoms with Gasteiger partial charge < -0.3 is 5.32 Å². The van der Waals surface area contributed by atoms with Crippen molar-refractivity contribution in [3.05, 3.63) is 35.2 Å². The van der Waals surface area contributed by atoms with E-state index >= 15 is 0 Å². The summed E-state index contributed by atoms with van der Waals surface area (Å²) in [4.78, 5) is 0. The Morgan fingerprint density at radius 1 is 1.32 bits per heavy atom. The van der Waals surface area contributed by atoms with Crippen molar-refractivity contribution in [3.8, 4) is 0 Å². The molecule has 0 aliphatic rings. The molecule has 2 rings (SSSR count). The minimum Gasteiger partial charge on any atom is -0.313 e. The Bertz CT molecular complexity index is 646. The lowest BCUT2D eigenvalue weighted by molar-refractivity contribution is 0.562. The largest absolute Gasteiger partial charge is 0.313 e. The van der Waals surface area contributed by atoms with Gasteiger partial charge >= 0.3 is 0 Å². The van der Waals surface area contributed by atoms with Gasteiger partial charge in [0.25, 0.3) is 0 Å². The Morgan fingerprint density at radius 2 is 2.05 bits per heavy atom. The summed E-state index contributed by atoms with van der Waals surface area (Å²) in [7, 11) is -2.90. The molecule has 0 unspecified atom stereocenters. The van der Waals surface area contributed by atoms with E-state index in [2.05, 4.69) is 35.0 Å². The van der Waals surface area contributed by atoms with Gasteiger partial charge in [0.05, 0.1) is 5.75 Å². The maximum absolute atomic E-state index is 11.2. The summed E-state index contributed by atoms with van der Waals surface area (Å²) < 4.78 is 23.6. The summed E-state index contributed by atoms with van der Waals surface area (Å²) in [5.74, 6) is 0.192. The lowest BCUT2D eigenvalue weighted by Crippen LogP contribution is -2.34. The maximum Gasteiger partial charge on any atom is 0.148 e. The number of hydrogen-bond acceptors (Lipinski definition) is 4. The van der Waals surface area contributed by atoms with Crippen molar-refractivity contribution in [2.24, 2.45) is 0 Å². The molecular formula is C14H19NO2S2. The van der Waals surface area contributed by atoms with Crippen LogP contribution < -0.4 is 5.32 Å². The number of sulfone groups is 1. The molecule has 0 aliphatic heterocycles. The van der Waals surface area contributed by atoms with Crippen LogP contribution in [0.4, 0.5) is 0 Å². The van der Waals surface area contributed by atoms with Gasteiger partial charge in [-0.05, 0) is 42.3 Å². The van der Waals surface area contributed by atoms with E-state index in [0.29, 0.717) is 0 Å². The summed E-state index contributed by atoms with van der Waals surface area (Å²) in [6.07, 6.45) is 2.20. The van der Waals surface area contributed by atoms with E-state index in [4.69, 9.17) is 0 Å². The van der Waals surface area contributed by atoms with Crippen molar-refractivity contribution in [2.45, 2.75) is 19.4 Å². The van der Waals surface area contributed by atoms with E-state index < -0.39 is 9.84 Å². The molecule has 0 aliphatic carbocycles. The van der Waals surface area contributed by atoms with Crippen LogP contribution in [0.15, 0.2) is 29.6 Å². The van der Waals surface area contributed by atoms with Crippen LogP contribution in [-0.4, -0.2) is 33.0 Å². The smallest absolute Gasteiger partial charge is 0.148 e. The summed E-state index contributed by atoms with van der Waals surface area (Å²) in [6.45, 7) is 2.71. The topological polar surface area (TPSA) is 46.2 Å². The van der Waals surface area contributed by atoms with E-state index in [1.54, 1.807) is 11.3 Å². The standard InChI is InChI=1S/C14H19NO2S2/c1-11(10-19(2,16)17)15-8-7-12-9-18-14-6-4-3-5-13(12)14/h3-6,9,11,15H,7-8,10H2,1-2H3/t11-/m0/s1. The molecular weight excluding hydrogens is 278 g/mol. The van der Waals surface area contributed by atoms with Gasteiger partial charge in [-0.3, -0.25) is 0 Å². The van der Waals surface area contributed by atoms with E-state index in [1.807, 2.05) is 6.92 Å². The third-order valence-corrected chi connectivity index (χ3v) is 5.12. The quantitative estimate of drug-likeness (QED) is 0.891. The molecule has 1 aromatic carbocycles. The zero-order valence-electron chi connectivity index (χ0n) is 11.2. The van der Waals surface area contributed by atoms with Gasteiger partial charge in [0, 0.05) is 17.0 Å². The Balaban J connectivity index is 1.89. The minimum absolute atomic E-state index is 0.0000927. The van der Waals surface area contributed by atoms with Gasteiger partial charge in [-0.15, -0.1) is 11.3 Å². The van der Waals surface area contributed by atoms with Crippen LogP contribution in [0.5, 0.6) is 0 Å². The van der Waals surface area contributed by atoms with Crippen LogP contribution in [0, 0.1) is 0 Å². The van der Waals surface area contributed by atoms with Crippen molar-refractivity contribution >= 4 is 31.3 Å². The molecule has 0 saturated heterocycles. The summed E-state index contributed by atoms with van der Waals surface area (Å²) in [5, 5.41) is 6.77. The second-order valence-corrected chi connectivity index (χ2v) is 8.05. The first-order valence-corrected chi connectivity index (χ1v) is 9.26. The first-order valence-electron chi connectivity index (χ1n) is 6.32. The SMILES string of the molecule is C[C@@H](CS(C)(=O)=O)NCCc1csc2ccccc12. The van der Waals surface area contributed by atoms with Crippen molar-refractivity contribution in [1.29, 1.82) is 0 Å². The molecule has 104 valence electrons. The molecule has 0 fully saturated rings. The van der Waals surface area contributed by atoms with Gasteiger partial charge in [0.2, 0.25) is 0 Å². The van der Waals surface area contributed by atoms with E-state index in [1.165, 1.54) is 21.9 Å². The van der Waals surface area contributed by atoms with E-state index in [9.17, 15) is 8.42 Å². The van der Waals surface area contributed by atoms with Crippen LogP contribution >= 0.6 is 11.3 Å². The summed E-state index contributed by atoms with van der Waals surface area (Å²) >= 11 is 1.76. The fourth-order valence-electron chi connectivity index (χ4n) is 2.19. The third kappa shape index (κ3) is 4.30. The molecule has 0 radical (unpaired) electrons. The minimum atomic E-state index is -2.90. The highest BCUT2D eigenvalue weighted by molar-refractivity contribution is 7.90. The predicted molar refractivity (Wildman–Crippen MR) is 82.7 cm³/mol. The molecule has 0 bridgehead atoms. The zero-order valence-corrected chi connectivity index (χ0v) is 12.9. The second-order valence-electron chi connectivity index (χ2n) is 4.95. The van der Waals surface area contributed by atoms with Gasteiger partial charge in [-0.25, -0.2) is 8.42 Å². The van der Waals surface area contributed by atoms with Crippen molar-refractivity contribution in [2.75, 3.05) is 18.6 Å². The average molecular weight is 297 g/mol. The first kappa shape index (κ1) is 14.5. The number of hydrogen-bond donors (Lipinski definition) is 1. The Hall–Kier alpha value is -0.910. The van der Waals surface area contributed by atoms with Crippen molar-refractivity contribution in [3.63, 3.8) is 0 Å². The highest BCUT2D eigenvalue weighted by atomic mass is 32.2. The lowest BCUT2D eigenvalue weighted by Gasteiger charge is -2.12. The molecule has 0 amide bonds. The van der Waals surface area contributed by atoms with Gasteiger partial charge in [-0.1, -0.05) is 18.2 Å². The summed E-state index contributed by atoms with van der Waals surface area (Å²) in [5.41, 5.74) is 1.33. The van der Waals surface area contributed by atoms with Gasteiger partial charge in [-0.2, -0.15) is 0 Å². The molecule has 1 heterocycles. The van der Waals surface area contributed by atoms with Gasteiger partial charge in [0.1, 0.15) is 9.84 Å². The number of thiophene rings is 1. The van der Waals surface area contributed by atoms with Crippen LogP contribution in [-0.2, 0) is 16.3 Å². The Morgan fingerprint density at radius 3 is 2.79 bits per heavy atom. The fourth-order valence-corrected chi connectivity index (χ4v) is 4.22. The predicted octanol–water partition coefficient (Wildman–Crippen LogP) is 2.47. The van der Waals surface area contributed by atoms with E-state index in [-0.39, 0.29) is 11.8 Å². The Labute approximate surface area is 118 Å². The monoisotopic (exact) mass is 297 g/mol. The highest BCUT2D eigenvalue weighted by Crippen LogP contribution is 2.25. The molecule has 1 atom stereocenters. The lowest BCUT2D eigenvalue weighted by atomic mass is 10.1. The van der Waals surface area contributed by atoms with E-state index in [0.717, 1.165) is 13.0 Å². The molecule has 3 nitrogen and oxygen atoms in total. The molecule has 1 N–H and O–H groups in total. The molecule has 19 heavy (non-hydrogen) atoms. The number of nitrogens with one attached hydrogen (secondary N) is 1. The maximum atomic E-state index is 11.2. The number of rotatable bonds is 6. The van der Waals surface area contributed by atoms with Crippen LogP contribution in [0.1, 0.15) is 12.5 Å². The highest BCUT2D eigenvalue weighted by Gasteiger charge is 2.10. The zero-order chi connectivity index (χ0) is 13.9. The van der Waals surface area contributed by atoms with Crippen molar-refractivity contribution < 1.29 is 8.42 Å². The second kappa shape index (κ2) is 6.03. The van der Waals surface area contributed by atoms with Crippen LogP contribution in [0.3, 0.4) is 0 Å². The van der Waals surface area contributed by atoms with Crippen LogP contribution in [0.2, 0.25) is 0 Å². The first-order chi connectivity index (χ1) is 8.96.